The maximum absolute atomic E-state index is 12.2. The summed E-state index contributed by atoms with van der Waals surface area (Å²) in [5.41, 5.74) is 0.209. The Morgan fingerprint density at radius 1 is 1.54 bits per heavy atom. The molecule has 0 saturated carbocycles. The summed E-state index contributed by atoms with van der Waals surface area (Å²) in [6.07, 6.45) is -2.05. The van der Waals surface area contributed by atoms with Gasteiger partial charge in [-0.25, -0.2) is 8.78 Å². The summed E-state index contributed by atoms with van der Waals surface area (Å²) in [4.78, 5) is 3.54. The molecule has 0 saturated heterocycles. The molecule has 1 rings (SSSR count). The SMILES string of the molecule is C[C@H](O)c1cnc(C(F)F)c(Br)c1. The number of hydrogen-bond acceptors (Lipinski definition) is 2. The Labute approximate surface area is 82.7 Å². The van der Waals surface area contributed by atoms with E-state index in [1.165, 1.54) is 12.3 Å². The summed E-state index contributed by atoms with van der Waals surface area (Å²) in [7, 11) is 0. The van der Waals surface area contributed by atoms with E-state index >= 15 is 0 Å². The average molecular weight is 252 g/mol. The maximum atomic E-state index is 12.2. The van der Waals surface area contributed by atoms with Crippen LogP contribution in [0.25, 0.3) is 0 Å². The summed E-state index contributed by atoms with van der Waals surface area (Å²) < 4.78 is 24.6. The predicted octanol–water partition coefficient (Wildman–Crippen LogP) is 2.84. The van der Waals surface area contributed by atoms with Crippen molar-refractivity contribution >= 4 is 15.9 Å². The standard InChI is InChI=1S/C8H8BrF2NO/c1-4(13)5-2-6(9)7(8(10)11)12-3-5/h2-4,8,13H,1H3/t4-/m0/s1. The zero-order valence-corrected chi connectivity index (χ0v) is 8.42. The molecular formula is C8H8BrF2NO. The second-order valence-corrected chi connectivity index (χ2v) is 3.47. The van der Waals surface area contributed by atoms with Gasteiger partial charge in [0.2, 0.25) is 0 Å². The number of rotatable bonds is 2. The van der Waals surface area contributed by atoms with Crippen LogP contribution >= 0.6 is 15.9 Å². The molecule has 0 aromatic carbocycles. The summed E-state index contributed by atoms with van der Waals surface area (Å²) in [6.45, 7) is 1.55. The van der Waals surface area contributed by atoms with Crippen molar-refractivity contribution in [3.63, 3.8) is 0 Å². The van der Waals surface area contributed by atoms with Crippen LogP contribution in [0.2, 0.25) is 0 Å². The number of halogens is 3. The Morgan fingerprint density at radius 3 is 2.54 bits per heavy atom. The molecule has 1 N–H and O–H groups in total. The minimum absolute atomic E-state index is 0.223. The monoisotopic (exact) mass is 251 g/mol. The minimum Gasteiger partial charge on any atom is -0.389 e. The van der Waals surface area contributed by atoms with Gasteiger partial charge in [0, 0.05) is 10.7 Å². The van der Waals surface area contributed by atoms with Crippen LogP contribution in [0.5, 0.6) is 0 Å². The number of alkyl halides is 2. The van der Waals surface area contributed by atoms with Gasteiger partial charge in [-0.3, -0.25) is 4.98 Å². The molecule has 0 aliphatic carbocycles. The van der Waals surface area contributed by atoms with Gasteiger partial charge in [-0.05, 0) is 34.5 Å². The van der Waals surface area contributed by atoms with Crippen LogP contribution in [0.4, 0.5) is 8.78 Å². The van der Waals surface area contributed by atoms with Crippen LogP contribution < -0.4 is 0 Å². The Balaban J connectivity index is 3.06. The van der Waals surface area contributed by atoms with Crippen LogP contribution in [-0.2, 0) is 0 Å². The van der Waals surface area contributed by atoms with Crippen molar-refractivity contribution in [3.05, 3.63) is 28.0 Å². The second-order valence-electron chi connectivity index (χ2n) is 2.61. The molecular weight excluding hydrogens is 244 g/mol. The van der Waals surface area contributed by atoms with Crippen molar-refractivity contribution < 1.29 is 13.9 Å². The van der Waals surface area contributed by atoms with Crippen molar-refractivity contribution in [2.75, 3.05) is 0 Å². The predicted molar refractivity (Wildman–Crippen MR) is 47.5 cm³/mol. The van der Waals surface area contributed by atoms with Crippen molar-refractivity contribution in [3.8, 4) is 0 Å². The lowest BCUT2D eigenvalue weighted by atomic mass is 10.2. The Bertz CT molecular complexity index is 304. The maximum Gasteiger partial charge on any atom is 0.281 e. The Morgan fingerprint density at radius 2 is 2.15 bits per heavy atom. The van der Waals surface area contributed by atoms with E-state index in [0.29, 0.717) is 5.56 Å². The van der Waals surface area contributed by atoms with Crippen molar-refractivity contribution in [1.29, 1.82) is 0 Å². The van der Waals surface area contributed by atoms with Crippen molar-refractivity contribution in [1.82, 2.24) is 4.98 Å². The van der Waals surface area contributed by atoms with Gasteiger partial charge in [-0.15, -0.1) is 0 Å². The van der Waals surface area contributed by atoms with Crippen LogP contribution in [-0.4, -0.2) is 10.1 Å². The van der Waals surface area contributed by atoms with Gasteiger partial charge in [0.05, 0.1) is 6.10 Å². The van der Waals surface area contributed by atoms with Gasteiger partial charge in [0.15, 0.2) is 0 Å². The van der Waals surface area contributed by atoms with Gasteiger partial charge >= 0.3 is 0 Å². The van der Waals surface area contributed by atoms with Gasteiger partial charge in [-0.2, -0.15) is 0 Å². The fourth-order valence-corrected chi connectivity index (χ4v) is 1.39. The van der Waals surface area contributed by atoms with Crippen molar-refractivity contribution in [2.24, 2.45) is 0 Å². The molecule has 0 amide bonds. The molecule has 72 valence electrons. The zero-order valence-electron chi connectivity index (χ0n) is 6.84. The molecule has 0 spiro atoms. The smallest absolute Gasteiger partial charge is 0.281 e. The lowest BCUT2D eigenvalue weighted by Gasteiger charge is -2.07. The lowest BCUT2D eigenvalue weighted by Crippen LogP contribution is -1.97. The van der Waals surface area contributed by atoms with E-state index in [4.69, 9.17) is 5.11 Å². The molecule has 1 atom stereocenters. The lowest BCUT2D eigenvalue weighted by molar-refractivity contribution is 0.144. The molecule has 2 nitrogen and oxygen atoms in total. The summed E-state index contributed by atoms with van der Waals surface area (Å²) >= 11 is 2.96. The summed E-state index contributed by atoms with van der Waals surface area (Å²) in [6, 6.07) is 1.44. The highest BCUT2D eigenvalue weighted by Gasteiger charge is 2.14. The molecule has 13 heavy (non-hydrogen) atoms. The first-order chi connectivity index (χ1) is 6.02. The number of hydrogen-bond donors (Lipinski definition) is 1. The Kier molecular flexibility index (Phi) is 3.33. The van der Waals surface area contributed by atoms with Crippen molar-refractivity contribution in [2.45, 2.75) is 19.5 Å². The van der Waals surface area contributed by atoms with Gasteiger partial charge < -0.3 is 5.11 Å². The quantitative estimate of drug-likeness (QED) is 0.877. The van der Waals surface area contributed by atoms with E-state index in [0.717, 1.165) is 0 Å². The van der Waals surface area contributed by atoms with Crippen LogP contribution in [0.1, 0.15) is 30.7 Å². The third kappa shape index (κ3) is 2.45. The summed E-state index contributed by atoms with van der Waals surface area (Å²) in [5.74, 6) is 0. The molecule has 1 heterocycles. The second kappa shape index (κ2) is 4.11. The normalized spacial score (nSPS) is 13.4. The van der Waals surface area contributed by atoms with E-state index in [1.807, 2.05) is 0 Å². The molecule has 0 fully saturated rings. The zero-order chi connectivity index (χ0) is 10.0. The van der Waals surface area contributed by atoms with E-state index in [1.54, 1.807) is 6.92 Å². The molecule has 0 aliphatic heterocycles. The molecule has 5 heteroatoms. The molecule has 0 unspecified atom stereocenters. The first-order valence-corrected chi connectivity index (χ1v) is 4.43. The highest BCUT2D eigenvalue weighted by atomic mass is 79.9. The van der Waals surface area contributed by atoms with E-state index in [2.05, 4.69) is 20.9 Å². The summed E-state index contributed by atoms with van der Waals surface area (Å²) in [5, 5.41) is 9.13. The van der Waals surface area contributed by atoms with Gasteiger partial charge in [0.1, 0.15) is 5.69 Å². The number of aliphatic hydroxyl groups is 1. The third-order valence-corrected chi connectivity index (χ3v) is 2.22. The van der Waals surface area contributed by atoms with Crippen LogP contribution in [0.15, 0.2) is 16.7 Å². The van der Waals surface area contributed by atoms with Crippen LogP contribution in [0, 0.1) is 0 Å². The highest BCUT2D eigenvalue weighted by Crippen LogP contribution is 2.27. The van der Waals surface area contributed by atoms with E-state index < -0.39 is 12.5 Å². The van der Waals surface area contributed by atoms with Crippen LogP contribution in [0.3, 0.4) is 0 Å². The number of aromatic nitrogens is 1. The third-order valence-electron chi connectivity index (χ3n) is 1.58. The van der Waals surface area contributed by atoms with E-state index in [-0.39, 0.29) is 10.2 Å². The number of nitrogens with zero attached hydrogens (tertiary/aromatic N) is 1. The van der Waals surface area contributed by atoms with Gasteiger partial charge in [0.25, 0.3) is 6.43 Å². The molecule has 0 radical (unpaired) electrons. The molecule has 0 aliphatic rings. The minimum atomic E-state index is -2.60. The topological polar surface area (TPSA) is 33.1 Å². The first kappa shape index (κ1) is 10.5. The number of aliphatic hydroxyl groups excluding tert-OH is 1. The number of pyridine rings is 1. The molecule has 1 aromatic rings. The van der Waals surface area contributed by atoms with Gasteiger partial charge in [-0.1, -0.05) is 0 Å². The largest absolute Gasteiger partial charge is 0.389 e. The van der Waals surface area contributed by atoms with E-state index in [9.17, 15) is 8.78 Å². The highest BCUT2D eigenvalue weighted by molar-refractivity contribution is 9.10. The fraction of sp³-hybridized carbons (Fsp3) is 0.375. The first-order valence-electron chi connectivity index (χ1n) is 3.64. The Hall–Kier alpha value is -0.550. The average Bonchev–Trinajstić information content (AvgIpc) is 2.03. The molecule has 1 aromatic heterocycles. The molecule has 0 bridgehead atoms. The fourth-order valence-electron chi connectivity index (χ4n) is 0.852.